The third-order valence-electron chi connectivity index (χ3n) is 15.4. The van der Waals surface area contributed by atoms with E-state index < -0.39 is 0 Å². The predicted octanol–water partition coefficient (Wildman–Crippen LogP) is 17.4. The number of aryl methyl sites for hydroxylation is 1. The van der Waals surface area contributed by atoms with E-state index in [4.69, 9.17) is 0 Å². The highest BCUT2D eigenvalue weighted by atomic mass is 15.2. The Bertz CT molecular complexity index is 3820. The van der Waals surface area contributed by atoms with E-state index in [1.165, 1.54) is 94.7 Å². The van der Waals surface area contributed by atoms with Crippen molar-refractivity contribution < 1.29 is 0 Å². The topological polar surface area (TPSA) is 18.5 Å². The lowest BCUT2D eigenvalue weighted by molar-refractivity contribution is 0.660. The Balaban J connectivity index is 1.10. The number of benzene rings is 11. The summed E-state index contributed by atoms with van der Waals surface area (Å²) in [4.78, 5) is 4.95. The van der Waals surface area contributed by atoms with Gasteiger partial charge in [0.25, 0.3) is 0 Å². The molecule has 13 rings (SSSR count). The maximum Gasteiger partial charge on any atom is 0.198 e. The van der Waals surface area contributed by atoms with Crippen LogP contribution in [0.3, 0.4) is 0 Å². The summed E-state index contributed by atoms with van der Waals surface area (Å²) in [5.41, 5.74) is 27.3. The lowest BCUT2D eigenvalue weighted by Crippen LogP contribution is -2.41. The van der Waals surface area contributed by atoms with Gasteiger partial charge in [-0.2, -0.15) is 0 Å². The van der Waals surface area contributed by atoms with E-state index in [0.717, 1.165) is 41.3 Å². The zero-order valence-corrected chi connectivity index (χ0v) is 41.9. The van der Waals surface area contributed by atoms with Crippen LogP contribution in [0.4, 0.5) is 45.5 Å². The number of nitrogens with zero attached hydrogens (tertiary/aromatic N) is 2. The maximum atomic E-state index is 4.08. The normalized spacial score (nSPS) is 12.7. The van der Waals surface area contributed by atoms with Crippen LogP contribution >= 0.6 is 0 Å². The van der Waals surface area contributed by atoms with Crippen LogP contribution in [-0.4, -0.2) is 7.28 Å². The van der Waals surface area contributed by atoms with E-state index in [1.54, 1.807) is 0 Å². The summed E-state index contributed by atoms with van der Waals surface area (Å²) in [7, 11) is 0.748. The summed E-state index contributed by atoms with van der Waals surface area (Å²) in [5.74, 6) is 0. The first-order valence-corrected chi connectivity index (χ1v) is 25.8. The second kappa shape index (κ2) is 18.5. The van der Waals surface area contributed by atoms with Gasteiger partial charge in [0, 0.05) is 56.5 Å². The van der Waals surface area contributed by atoms with Gasteiger partial charge in [-0.3, -0.25) is 0 Å². The van der Waals surface area contributed by atoms with Crippen LogP contribution in [0.25, 0.3) is 55.6 Å². The van der Waals surface area contributed by atoms with Crippen LogP contribution in [0.5, 0.6) is 0 Å². The van der Waals surface area contributed by atoms with E-state index in [1.807, 2.05) is 0 Å². The van der Waals surface area contributed by atoms with Crippen molar-refractivity contribution in [1.82, 2.24) is 0 Å². The van der Waals surface area contributed by atoms with Gasteiger partial charge in [-0.15, -0.1) is 0 Å². The van der Waals surface area contributed by atoms with Crippen LogP contribution in [0.15, 0.2) is 261 Å². The van der Waals surface area contributed by atoms with E-state index in [0.29, 0.717) is 0 Å². The van der Waals surface area contributed by atoms with Crippen molar-refractivity contribution in [3.05, 3.63) is 278 Å². The third kappa shape index (κ3) is 7.87. The number of anilines is 8. The molecule has 0 saturated heterocycles. The van der Waals surface area contributed by atoms with Crippen molar-refractivity contribution in [3.63, 3.8) is 0 Å². The van der Waals surface area contributed by atoms with Crippen molar-refractivity contribution >= 4 is 63.7 Å². The van der Waals surface area contributed by atoms with Gasteiger partial charge in [0.05, 0.1) is 0 Å². The molecule has 0 atom stereocenters. The highest BCUT2D eigenvalue weighted by Gasteiger charge is 2.41. The van der Waals surface area contributed by atoms with E-state index in [-0.39, 0.29) is 5.41 Å². The molecule has 1 heterocycles. The summed E-state index contributed by atoms with van der Waals surface area (Å²) >= 11 is 0. The molecule has 2 aliphatic rings. The number of fused-ring (bicyclic) bond motifs is 5. The summed E-state index contributed by atoms with van der Waals surface area (Å²) in [5, 5.41) is 4.08. The number of nitrogens with one attached hydrogen (secondary N) is 1. The van der Waals surface area contributed by atoms with Gasteiger partial charge < -0.3 is 15.1 Å². The zero-order valence-electron chi connectivity index (χ0n) is 41.9. The van der Waals surface area contributed by atoms with Gasteiger partial charge in [0.15, 0.2) is 7.28 Å². The molecule has 1 N–H and O–H groups in total. The van der Waals surface area contributed by atoms with Crippen molar-refractivity contribution in [1.29, 1.82) is 0 Å². The van der Waals surface area contributed by atoms with Crippen LogP contribution < -0.4 is 26.0 Å². The predicted molar refractivity (Wildman–Crippen MR) is 316 cm³/mol. The lowest BCUT2D eigenvalue weighted by atomic mass is 9.56. The average molecular weight is 948 g/mol. The fourth-order valence-corrected chi connectivity index (χ4v) is 11.7. The molecule has 74 heavy (non-hydrogen) atoms. The fourth-order valence-electron chi connectivity index (χ4n) is 11.7. The molecule has 0 spiro atoms. The first kappa shape index (κ1) is 44.8. The molecule has 0 aromatic heterocycles. The van der Waals surface area contributed by atoms with Crippen molar-refractivity contribution in [2.75, 3.05) is 15.1 Å². The van der Waals surface area contributed by atoms with Gasteiger partial charge in [-0.05, 0) is 146 Å². The van der Waals surface area contributed by atoms with Gasteiger partial charge in [-0.25, -0.2) is 0 Å². The van der Waals surface area contributed by atoms with Crippen LogP contribution in [-0.2, 0) is 5.41 Å². The first-order valence-electron chi connectivity index (χ1n) is 25.8. The average Bonchev–Trinajstić information content (AvgIpc) is 3.70. The molecule has 0 bridgehead atoms. The Morgan fingerprint density at radius 3 is 1.55 bits per heavy atom. The molecule has 4 heteroatoms. The quantitative estimate of drug-likeness (QED) is 0.138. The van der Waals surface area contributed by atoms with Gasteiger partial charge >= 0.3 is 0 Å². The Kier molecular flexibility index (Phi) is 11.2. The smallest absolute Gasteiger partial charge is 0.198 e. The molecule has 3 nitrogen and oxygen atoms in total. The molecule has 11 aromatic rings. The first-order chi connectivity index (χ1) is 36.4. The van der Waals surface area contributed by atoms with E-state index in [9.17, 15) is 0 Å². The van der Waals surface area contributed by atoms with E-state index in [2.05, 4.69) is 297 Å². The molecule has 0 unspecified atom stereocenters. The van der Waals surface area contributed by atoms with Gasteiger partial charge in [-0.1, -0.05) is 213 Å². The Morgan fingerprint density at radius 1 is 0.392 bits per heavy atom. The number of hydrogen-bond acceptors (Lipinski definition) is 3. The molecule has 11 aromatic carbocycles. The molecule has 352 valence electrons. The van der Waals surface area contributed by atoms with Crippen molar-refractivity contribution in [2.45, 2.75) is 26.2 Å². The second-order valence-corrected chi connectivity index (χ2v) is 20.2. The zero-order chi connectivity index (χ0) is 49.8. The molecule has 0 fully saturated rings. The Labute approximate surface area is 436 Å². The monoisotopic (exact) mass is 947 g/mol. The molecule has 0 amide bonds. The molecule has 1 aliphatic heterocycles. The third-order valence-corrected chi connectivity index (χ3v) is 15.4. The summed E-state index contributed by atoms with van der Waals surface area (Å²) in [6.07, 6.45) is 0. The number of hydrogen-bond donors (Lipinski definition) is 1. The minimum Gasteiger partial charge on any atom is -0.355 e. The number of para-hydroxylation sites is 2. The van der Waals surface area contributed by atoms with E-state index >= 15 is 0 Å². The van der Waals surface area contributed by atoms with Gasteiger partial charge in [0.2, 0.25) is 0 Å². The largest absolute Gasteiger partial charge is 0.355 e. The summed E-state index contributed by atoms with van der Waals surface area (Å²) in [6.45, 7) is 7.09. The van der Waals surface area contributed by atoms with Gasteiger partial charge in [0.1, 0.15) is 0 Å². The summed E-state index contributed by atoms with van der Waals surface area (Å²) < 4.78 is 0. The summed E-state index contributed by atoms with van der Waals surface area (Å²) in [6, 6.07) is 95.4. The SMILES string of the molecule is Cc1ccc(-c2ccccc2)cc1N1c2ccc(-c3ccccc3)cc2Bc2c1cc1c(c2-c2ccc(N(c3ccccc3)c3ccccc3)cc2Nc2ccc(-c3ccccc3)cc2)-c2ccccc2C1(C)C. The second-order valence-electron chi connectivity index (χ2n) is 20.2. The van der Waals surface area contributed by atoms with Crippen LogP contribution in [0.1, 0.15) is 30.5 Å². The lowest BCUT2D eigenvalue weighted by Gasteiger charge is -2.38. The number of rotatable bonds is 10. The fraction of sp³-hybridized carbons (Fsp3) is 0.0571. The standard InChI is InChI=1S/C70H54BN3/c1-47-33-34-53(50-25-13-6-14-26-50)44-65(47)74-64-42-37-52(49-23-11-5-12-24-49)43-62(64)71-69-66(74)46-61-67(58-31-19-20-32-60(58)70(61,2)3)68(69)59-41-40-57(73(55-27-15-7-16-28-55)56-29-17-8-18-30-56)45-63(59)72-54-38-35-51(36-39-54)48-21-9-4-10-22-48/h4-46,71-72H,1-3H3. The highest BCUT2D eigenvalue weighted by Crippen LogP contribution is 2.56. The molecule has 1 aliphatic carbocycles. The van der Waals surface area contributed by atoms with Crippen LogP contribution in [0.2, 0.25) is 0 Å². The molecular formula is C70H54BN3. The highest BCUT2D eigenvalue weighted by molar-refractivity contribution is 6.73. The minimum absolute atomic E-state index is 0.280. The Morgan fingerprint density at radius 2 is 0.919 bits per heavy atom. The van der Waals surface area contributed by atoms with Crippen molar-refractivity contribution in [3.8, 4) is 55.6 Å². The Hall–Kier alpha value is -9.12. The maximum absolute atomic E-state index is 4.08. The van der Waals surface area contributed by atoms with Crippen molar-refractivity contribution in [2.24, 2.45) is 0 Å². The molecule has 0 saturated carbocycles. The minimum atomic E-state index is -0.280. The molecule has 0 radical (unpaired) electrons. The molecular weight excluding hydrogens is 894 g/mol. The van der Waals surface area contributed by atoms with Crippen LogP contribution in [0, 0.1) is 6.92 Å².